The Morgan fingerprint density at radius 1 is 1.33 bits per heavy atom. The van der Waals surface area contributed by atoms with Gasteiger partial charge in [0.25, 0.3) is 0 Å². The van der Waals surface area contributed by atoms with Gasteiger partial charge in [0.2, 0.25) is 5.91 Å². The Labute approximate surface area is 85.5 Å². The Balaban J connectivity index is 3.15. The van der Waals surface area contributed by atoms with Crippen LogP contribution in [-0.2, 0) is 4.79 Å². The maximum atomic E-state index is 10.6. The normalized spacial score (nSPS) is 10.4. The summed E-state index contributed by atoms with van der Waals surface area (Å²) >= 11 is 0. The smallest absolute Gasteiger partial charge is 0.339 e. The van der Waals surface area contributed by atoms with E-state index in [-0.39, 0.29) is 16.9 Å². The fourth-order valence-electron chi connectivity index (χ4n) is 1.04. The van der Waals surface area contributed by atoms with E-state index < -0.39 is 11.9 Å². The lowest BCUT2D eigenvalue weighted by Crippen LogP contribution is -2.05. The lowest BCUT2D eigenvalue weighted by molar-refractivity contribution is -0.113. The first kappa shape index (κ1) is 10.8. The lowest BCUT2D eigenvalue weighted by Gasteiger charge is -2.02. The third kappa shape index (κ3) is 2.57. The van der Waals surface area contributed by atoms with E-state index in [4.69, 9.17) is 10.8 Å². The van der Waals surface area contributed by atoms with Gasteiger partial charge in [0.15, 0.2) is 0 Å². The molecule has 0 aliphatic carbocycles. The Bertz CT molecular complexity index is 437. The van der Waals surface area contributed by atoms with Gasteiger partial charge in [0.1, 0.15) is 11.3 Å². The minimum atomic E-state index is -1.23. The molecule has 0 radical (unpaired) electrons. The number of primary amides is 1. The van der Waals surface area contributed by atoms with Gasteiger partial charge in [0, 0.05) is 11.6 Å². The second-order valence-electron chi connectivity index (χ2n) is 2.78. The second-order valence-corrected chi connectivity index (χ2v) is 2.78. The first-order valence-corrected chi connectivity index (χ1v) is 4.05. The standard InChI is InChI=1S/C10H9NO4/c11-8(12)5-4-6-2-1-3-7(9(6)13)10(14)15/h1-5,13H,(H2,11,12)(H,14,15). The Morgan fingerprint density at radius 2 is 2.00 bits per heavy atom. The van der Waals surface area contributed by atoms with Gasteiger partial charge in [-0.25, -0.2) is 4.79 Å². The molecule has 1 amide bonds. The lowest BCUT2D eigenvalue weighted by atomic mass is 10.1. The third-order valence-corrected chi connectivity index (χ3v) is 1.72. The number of rotatable bonds is 3. The van der Waals surface area contributed by atoms with Crippen LogP contribution in [0.3, 0.4) is 0 Å². The van der Waals surface area contributed by atoms with E-state index in [0.29, 0.717) is 0 Å². The molecule has 0 unspecified atom stereocenters. The van der Waals surface area contributed by atoms with E-state index >= 15 is 0 Å². The van der Waals surface area contributed by atoms with Crippen LogP contribution in [0.15, 0.2) is 24.3 Å². The van der Waals surface area contributed by atoms with Gasteiger partial charge in [-0.05, 0) is 12.1 Å². The number of phenols is 1. The van der Waals surface area contributed by atoms with Crippen LogP contribution in [0, 0.1) is 0 Å². The van der Waals surface area contributed by atoms with Crippen molar-refractivity contribution in [1.29, 1.82) is 0 Å². The van der Waals surface area contributed by atoms with E-state index in [2.05, 4.69) is 0 Å². The zero-order chi connectivity index (χ0) is 11.4. The number of hydrogen-bond acceptors (Lipinski definition) is 3. The summed E-state index contributed by atoms with van der Waals surface area (Å²) in [6.45, 7) is 0. The van der Waals surface area contributed by atoms with Gasteiger partial charge in [-0.15, -0.1) is 0 Å². The number of para-hydroxylation sites is 1. The maximum Gasteiger partial charge on any atom is 0.339 e. The molecule has 1 aromatic carbocycles. The molecule has 0 aliphatic heterocycles. The molecule has 0 aliphatic rings. The van der Waals surface area contributed by atoms with E-state index in [1.807, 2.05) is 0 Å². The summed E-state index contributed by atoms with van der Waals surface area (Å²) in [5, 5.41) is 18.2. The first-order chi connectivity index (χ1) is 7.02. The van der Waals surface area contributed by atoms with Crippen LogP contribution in [0.5, 0.6) is 5.75 Å². The fraction of sp³-hybridized carbons (Fsp3) is 0. The minimum absolute atomic E-state index is 0.221. The predicted molar refractivity (Wildman–Crippen MR) is 53.3 cm³/mol. The third-order valence-electron chi connectivity index (χ3n) is 1.72. The molecule has 0 spiro atoms. The van der Waals surface area contributed by atoms with Crippen molar-refractivity contribution in [2.45, 2.75) is 0 Å². The Hall–Kier alpha value is -2.30. The minimum Gasteiger partial charge on any atom is -0.506 e. The molecular weight excluding hydrogens is 198 g/mol. The van der Waals surface area contributed by atoms with E-state index in [9.17, 15) is 14.7 Å². The molecule has 5 nitrogen and oxygen atoms in total. The van der Waals surface area contributed by atoms with Gasteiger partial charge >= 0.3 is 5.97 Å². The van der Waals surface area contributed by atoms with Gasteiger partial charge < -0.3 is 15.9 Å². The van der Waals surface area contributed by atoms with Crippen LogP contribution in [-0.4, -0.2) is 22.1 Å². The summed E-state index contributed by atoms with van der Waals surface area (Å²) in [5.41, 5.74) is 4.87. The van der Waals surface area contributed by atoms with Crippen molar-refractivity contribution in [2.24, 2.45) is 5.73 Å². The van der Waals surface area contributed by atoms with Crippen molar-refractivity contribution in [2.75, 3.05) is 0 Å². The summed E-state index contributed by atoms with van der Waals surface area (Å²) in [7, 11) is 0. The zero-order valence-corrected chi connectivity index (χ0v) is 7.68. The Morgan fingerprint density at radius 3 is 2.53 bits per heavy atom. The number of hydrogen-bond donors (Lipinski definition) is 3. The van der Waals surface area contributed by atoms with Crippen molar-refractivity contribution in [3.63, 3.8) is 0 Å². The molecule has 4 N–H and O–H groups in total. The van der Waals surface area contributed by atoms with E-state index in [1.165, 1.54) is 24.3 Å². The molecule has 5 heteroatoms. The summed E-state index contributed by atoms with van der Waals surface area (Å²) in [6, 6.07) is 4.20. The van der Waals surface area contributed by atoms with Gasteiger partial charge in [-0.2, -0.15) is 0 Å². The number of carboxylic acid groups (broad SMARTS) is 1. The quantitative estimate of drug-likeness (QED) is 0.631. The molecule has 0 bridgehead atoms. The van der Waals surface area contributed by atoms with E-state index in [0.717, 1.165) is 6.08 Å². The highest BCUT2D eigenvalue weighted by molar-refractivity contribution is 5.94. The van der Waals surface area contributed by atoms with Crippen LogP contribution in [0.1, 0.15) is 15.9 Å². The Kier molecular flexibility index (Phi) is 3.07. The molecule has 1 rings (SSSR count). The fourth-order valence-corrected chi connectivity index (χ4v) is 1.04. The number of aromatic hydroxyl groups is 1. The van der Waals surface area contributed by atoms with Crippen LogP contribution in [0.4, 0.5) is 0 Å². The summed E-state index contributed by atoms with van der Waals surface area (Å²) in [5.74, 6) is -2.29. The first-order valence-electron chi connectivity index (χ1n) is 4.05. The molecular formula is C10H9NO4. The number of carbonyl (C=O) groups excluding carboxylic acids is 1. The van der Waals surface area contributed by atoms with Crippen molar-refractivity contribution in [3.05, 3.63) is 35.4 Å². The van der Waals surface area contributed by atoms with Crippen molar-refractivity contribution in [3.8, 4) is 5.75 Å². The SMILES string of the molecule is NC(=O)C=Cc1cccc(C(=O)O)c1O. The highest BCUT2D eigenvalue weighted by Gasteiger charge is 2.10. The number of aromatic carboxylic acids is 1. The van der Waals surface area contributed by atoms with E-state index in [1.54, 1.807) is 0 Å². The predicted octanol–water partition coefficient (Wildman–Crippen LogP) is 0.589. The highest BCUT2D eigenvalue weighted by Crippen LogP contribution is 2.23. The van der Waals surface area contributed by atoms with Crippen molar-refractivity contribution >= 4 is 18.0 Å². The number of benzene rings is 1. The van der Waals surface area contributed by atoms with Crippen LogP contribution in [0.25, 0.3) is 6.08 Å². The monoisotopic (exact) mass is 207 g/mol. The van der Waals surface area contributed by atoms with Crippen molar-refractivity contribution in [1.82, 2.24) is 0 Å². The number of amides is 1. The van der Waals surface area contributed by atoms with Gasteiger partial charge in [0.05, 0.1) is 0 Å². The molecule has 0 saturated heterocycles. The topological polar surface area (TPSA) is 101 Å². The molecule has 0 heterocycles. The van der Waals surface area contributed by atoms with Crippen LogP contribution in [0.2, 0.25) is 0 Å². The average Bonchev–Trinajstić information content (AvgIpc) is 2.15. The maximum absolute atomic E-state index is 10.6. The number of carboxylic acids is 1. The average molecular weight is 207 g/mol. The molecule has 0 saturated carbocycles. The summed E-state index contributed by atoms with van der Waals surface area (Å²) in [4.78, 5) is 21.1. The van der Waals surface area contributed by atoms with Crippen LogP contribution >= 0.6 is 0 Å². The number of carbonyl (C=O) groups is 2. The number of nitrogens with two attached hydrogens (primary N) is 1. The zero-order valence-electron chi connectivity index (χ0n) is 7.68. The van der Waals surface area contributed by atoms with Gasteiger partial charge in [-0.1, -0.05) is 12.1 Å². The highest BCUT2D eigenvalue weighted by atomic mass is 16.4. The molecule has 1 aromatic rings. The molecule has 78 valence electrons. The molecule has 0 aromatic heterocycles. The summed E-state index contributed by atoms with van der Waals surface area (Å²) in [6.07, 6.45) is 2.30. The van der Waals surface area contributed by atoms with Gasteiger partial charge in [-0.3, -0.25) is 4.79 Å². The largest absolute Gasteiger partial charge is 0.506 e. The summed E-state index contributed by atoms with van der Waals surface area (Å²) < 4.78 is 0. The van der Waals surface area contributed by atoms with Crippen molar-refractivity contribution < 1.29 is 19.8 Å². The second kappa shape index (κ2) is 4.28. The molecule has 0 atom stereocenters. The molecule has 15 heavy (non-hydrogen) atoms. The molecule has 0 fully saturated rings. The van der Waals surface area contributed by atoms with Crippen LogP contribution < -0.4 is 5.73 Å².